The minimum Gasteiger partial charge on any atom is -0.445 e. The molecule has 0 aliphatic carbocycles. The number of rotatable bonds is 4. The van der Waals surface area contributed by atoms with E-state index in [0.717, 1.165) is 11.3 Å². The zero-order valence-corrected chi connectivity index (χ0v) is 12.2. The summed E-state index contributed by atoms with van der Waals surface area (Å²) in [5.74, 6) is -0.948. The van der Waals surface area contributed by atoms with E-state index in [2.05, 4.69) is 15.0 Å². The van der Waals surface area contributed by atoms with Crippen LogP contribution < -0.4 is 11.1 Å². The summed E-state index contributed by atoms with van der Waals surface area (Å²) in [5, 5.41) is 13.0. The predicted octanol–water partition coefficient (Wildman–Crippen LogP) is 1.58. The van der Waals surface area contributed by atoms with E-state index in [4.69, 9.17) is 40.5 Å². The molecule has 0 fully saturated rings. The molecule has 0 saturated heterocycles. The molecule has 0 saturated carbocycles. The van der Waals surface area contributed by atoms with Crippen LogP contribution in [0.5, 0.6) is 0 Å². The van der Waals surface area contributed by atoms with Gasteiger partial charge in [0, 0.05) is 5.38 Å². The summed E-state index contributed by atoms with van der Waals surface area (Å²) in [6.07, 6.45) is -2.43. The second-order valence-corrected chi connectivity index (χ2v) is 6.57. The Hall–Kier alpha value is -0.800. The molecule has 0 spiro atoms. The van der Waals surface area contributed by atoms with Crippen LogP contribution in [0.1, 0.15) is 11.8 Å². The molecule has 2 amide bonds. The molecule has 0 aliphatic heterocycles. The van der Waals surface area contributed by atoms with Crippen molar-refractivity contribution in [2.75, 3.05) is 11.9 Å². The number of aliphatic hydroxyl groups is 1. The summed E-state index contributed by atoms with van der Waals surface area (Å²) in [7, 11) is 0. The third kappa shape index (κ3) is 5.79. The lowest BCUT2D eigenvalue weighted by Crippen LogP contribution is -2.22. The summed E-state index contributed by atoms with van der Waals surface area (Å²) >= 11 is 17.1. The number of ether oxygens (including phenoxy) is 1. The third-order valence-electron chi connectivity index (χ3n) is 1.65. The molecule has 0 aliphatic rings. The lowest BCUT2D eigenvalue weighted by Gasteiger charge is -2.10. The molecule has 1 unspecified atom stereocenters. The van der Waals surface area contributed by atoms with Crippen molar-refractivity contribution in [2.24, 2.45) is 5.73 Å². The van der Waals surface area contributed by atoms with Crippen LogP contribution in [0.25, 0.3) is 0 Å². The standard InChI is InChI=1S/C8H8Cl3N3O4S/c9-8(10,11)2-18-7(17)14-6-13-3(1-19-6)4(15)5(12)16/h1,4,15H,2H2,(H2,12,16)(H,13,14,17). The highest BCUT2D eigenvalue weighted by atomic mass is 35.6. The van der Waals surface area contributed by atoms with Gasteiger partial charge in [-0.15, -0.1) is 11.3 Å². The fourth-order valence-corrected chi connectivity index (χ4v) is 1.76. The van der Waals surface area contributed by atoms with Gasteiger partial charge in [-0.05, 0) is 0 Å². The Morgan fingerprint density at radius 3 is 2.74 bits per heavy atom. The number of aliphatic hydroxyl groups excluding tert-OH is 1. The number of hydrogen-bond donors (Lipinski definition) is 3. The number of thiazole rings is 1. The first kappa shape index (κ1) is 16.3. The number of carbonyl (C=O) groups is 2. The Morgan fingerprint density at radius 1 is 1.58 bits per heavy atom. The maximum absolute atomic E-state index is 11.3. The molecule has 0 aromatic carbocycles. The normalized spacial score (nSPS) is 12.8. The number of nitrogens with two attached hydrogens (primary N) is 1. The van der Waals surface area contributed by atoms with Gasteiger partial charge in [-0.2, -0.15) is 0 Å². The summed E-state index contributed by atoms with van der Waals surface area (Å²) < 4.78 is 2.88. The summed E-state index contributed by atoms with van der Waals surface area (Å²) in [5.41, 5.74) is 4.92. The highest BCUT2D eigenvalue weighted by molar-refractivity contribution is 7.13. The molecule has 1 heterocycles. The van der Waals surface area contributed by atoms with Crippen molar-refractivity contribution in [3.63, 3.8) is 0 Å². The minimum absolute atomic E-state index is 0.0224. The van der Waals surface area contributed by atoms with Gasteiger partial charge in [0.05, 0.1) is 5.69 Å². The lowest BCUT2D eigenvalue weighted by atomic mass is 10.3. The molecule has 0 bridgehead atoms. The smallest absolute Gasteiger partial charge is 0.413 e. The van der Waals surface area contributed by atoms with E-state index >= 15 is 0 Å². The van der Waals surface area contributed by atoms with Crippen molar-refractivity contribution in [3.05, 3.63) is 11.1 Å². The van der Waals surface area contributed by atoms with E-state index in [1.54, 1.807) is 0 Å². The Morgan fingerprint density at radius 2 is 2.21 bits per heavy atom. The molecule has 1 rings (SSSR count). The van der Waals surface area contributed by atoms with Crippen molar-refractivity contribution in [1.29, 1.82) is 0 Å². The molecule has 1 aromatic rings. The average Bonchev–Trinajstić information content (AvgIpc) is 2.72. The number of alkyl halides is 3. The molecule has 0 radical (unpaired) electrons. The number of halogens is 3. The number of carbonyl (C=O) groups excluding carboxylic acids is 2. The number of primary amides is 1. The van der Waals surface area contributed by atoms with Crippen LogP contribution in [0.15, 0.2) is 5.38 Å². The summed E-state index contributed by atoms with van der Waals surface area (Å²) in [6.45, 7) is -0.439. The Bertz CT molecular complexity index is 476. The highest BCUT2D eigenvalue weighted by Gasteiger charge is 2.23. The first-order valence-electron chi connectivity index (χ1n) is 4.62. The maximum Gasteiger partial charge on any atom is 0.413 e. The van der Waals surface area contributed by atoms with Gasteiger partial charge >= 0.3 is 6.09 Å². The number of hydrogen-bond acceptors (Lipinski definition) is 6. The molecular weight excluding hydrogens is 341 g/mol. The lowest BCUT2D eigenvalue weighted by molar-refractivity contribution is -0.126. The molecule has 4 N–H and O–H groups in total. The van der Waals surface area contributed by atoms with Crippen molar-refractivity contribution in [3.8, 4) is 0 Å². The molecule has 19 heavy (non-hydrogen) atoms. The monoisotopic (exact) mass is 347 g/mol. The van der Waals surface area contributed by atoms with Gasteiger partial charge in [-0.3, -0.25) is 10.1 Å². The Kier molecular flexibility index (Phi) is 5.63. The van der Waals surface area contributed by atoms with Crippen LogP contribution in [0.2, 0.25) is 0 Å². The van der Waals surface area contributed by atoms with Crippen LogP contribution in [0.4, 0.5) is 9.93 Å². The topological polar surface area (TPSA) is 115 Å². The van der Waals surface area contributed by atoms with Crippen molar-refractivity contribution < 1.29 is 19.4 Å². The van der Waals surface area contributed by atoms with Gasteiger partial charge in [0.15, 0.2) is 11.2 Å². The van der Waals surface area contributed by atoms with E-state index in [0.29, 0.717) is 0 Å². The first-order valence-corrected chi connectivity index (χ1v) is 6.64. The number of amides is 2. The highest BCUT2D eigenvalue weighted by Crippen LogP contribution is 2.26. The van der Waals surface area contributed by atoms with Crippen LogP contribution in [0.3, 0.4) is 0 Å². The van der Waals surface area contributed by atoms with E-state index in [1.807, 2.05) is 0 Å². The molecule has 1 atom stereocenters. The van der Waals surface area contributed by atoms with Gasteiger partial charge in [-0.1, -0.05) is 34.8 Å². The SMILES string of the molecule is NC(=O)C(O)c1csc(NC(=O)OCC(Cl)(Cl)Cl)n1. The van der Waals surface area contributed by atoms with E-state index in [1.165, 1.54) is 5.38 Å². The van der Waals surface area contributed by atoms with E-state index in [-0.39, 0.29) is 10.8 Å². The second-order valence-electron chi connectivity index (χ2n) is 3.20. The molecular formula is C8H8Cl3N3O4S. The first-order chi connectivity index (χ1) is 8.69. The van der Waals surface area contributed by atoms with E-state index in [9.17, 15) is 14.7 Å². The maximum atomic E-state index is 11.3. The number of nitrogens with zero attached hydrogens (tertiary/aromatic N) is 1. The average molecular weight is 349 g/mol. The van der Waals surface area contributed by atoms with Gasteiger partial charge in [-0.25, -0.2) is 9.78 Å². The minimum atomic E-state index is -1.71. The molecule has 1 aromatic heterocycles. The zero-order valence-electron chi connectivity index (χ0n) is 9.10. The quantitative estimate of drug-likeness (QED) is 0.715. The molecule has 11 heteroatoms. The fraction of sp³-hybridized carbons (Fsp3) is 0.375. The summed E-state index contributed by atoms with van der Waals surface area (Å²) in [4.78, 5) is 25.8. The Balaban J connectivity index is 2.54. The van der Waals surface area contributed by atoms with Crippen LogP contribution in [-0.4, -0.2) is 32.5 Å². The fourth-order valence-electron chi connectivity index (χ4n) is 0.886. The van der Waals surface area contributed by atoms with Crippen LogP contribution in [0, 0.1) is 0 Å². The van der Waals surface area contributed by atoms with E-state index < -0.39 is 28.5 Å². The van der Waals surface area contributed by atoms with Crippen molar-refractivity contribution in [1.82, 2.24) is 4.98 Å². The predicted molar refractivity (Wildman–Crippen MR) is 71.5 cm³/mol. The molecule has 7 nitrogen and oxygen atoms in total. The molecule has 106 valence electrons. The van der Waals surface area contributed by atoms with Crippen molar-refractivity contribution in [2.45, 2.75) is 9.90 Å². The van der Waals surface area contributed by atoms with Crippen LogP contribution >= 0.6 is 46.1 Å². The van der Waals surface area contributed by atoms with Crippen LogP contribution in [-0.2, 0) is 9.53 Å². The second kappa shape index (κ2) is 6.58. The number of aromatic nitrogens is 1. The van der Waals surface area contributed by atoms with Gasteiger partial charge in [0.1, 0.15) is 6.61 Å². The largest absolute Gasteiger partial charge is 0.445 e. The van der Waals surface area contributed by atoms with Crippen molar-refractivity contribution >= 4 is 63.3 Å². The summed E-state index contributed by atoms with van der Waals surface area (Å²) in [6, 6.07) is 0. The number of anilines is 1. The van der Waals surface area contributed by atoms with Gasteiger partial charge in [0.25, 0.3) is 5.91 Å². The number of nitrogens with one attached hydrogen (secondary N) is 1. The van der Waals surface area contributed by atoms with Gasteiger partial charge < -0.3 is 15.6 Å². The van der Waals surface area contributed by atoms with Gasteiger partial charge in [0.2, 0.25) is 3.79 Å². The third-order valence-corrected chi connectivity index (χ3v) is 2.75. The zero-order chi connectivity index (χ0) is 14.6. The Labute approximate surface area is 126 Å².